The number of benzene rings is 1. The van der Waals surface area contributed by atoms with E-state index < -0.39 is 54.6 Å². The first kappa shape index (κ1) is 30.2. The number of carbonyl (C=O) groups is 6. The second-order valence-corrected chi connectivity index (χ2v) is 8.42. The highest BCUT2D eigenvalue weighted by Crippen LogP contribution is 2.31. The van der Waals surface area contributed by atoms with Crippen molar-refractivity contribution in [2.75, 3.05) is 6.61 Å². The number of carbonyl (C=O) groups excluding carboxylic acids is 6. The number of Topliss-reactive ketones (excluding diaryl/α,β-unsaturated/α-hetero) is 2. The van der Waals surface area contributed by atoms with E-state index in [2.05, 4.69) is 0 Å². The smallest absolute Gasteiger partial charge is 0.303 e. The molecular weight excluding hydrogens is 504 g/mol. The Bertz CT molecular complexity index is 1090. The Balaban J connectivity index is 2.44. The molecule has 1 aliphatic rings. The molecule has 1 aliphatic heterocycles. The van der Waals surface area contributed by atoms with E-state index in [4.69, 9.17) is 28.4 Å². The lowest BCUT2D eigenvalue weighted by molar-refractivity contribution is -0.288. The van der Waals surface area contributed by atoms with Gasteiger partial charge in [-0.15, -0.1) is 0 Å². The molecule has 0 N–H and O–H groups in total. The molecule has 1 aromatic carbocycles. The zero-order chi connectivity index (χ0) is 28.6. The quantitative estimate of drug-likeness (QED) is 0.141. The Kier molecular flexibility index (Phi) is 10.7. The number of ether oxygens (including phenoxy) is 6. The van der Waals surface area contributed by atoms with Gasteiger partial charge in [0.15, 0.2) is 23.8 Å². The van der Waals surface area contributed by atoms with Crippen molar-refractivity contribution in [3.05, 3.63) is 35.4 Å². The molecule has 1 fully saturated rings. The SMILES string of the molecule is CC(=O)OC[C@@H]1O[C@H](Oc2ccc(C=C(C(C)=O)C(C)=O)cc2)[C@@H](OC(C)=O)[C@H](OC(C)=O)[C@@H]1OC(C)=O. The van der Waals surface area contributed by atoms with Crippen molar-refractivity contribution >= 4 is 41.5 Å². The summed E-state index contributed by atoms with van der Waals surface area (Å²) in [5, 5.41) is 0. The molecule has 0 aromatic heterocycles. The zero-order valence-corrected chi connectivity index (χ0v) is 21.9. The normalized spacial score (nSPS) is 22.3. The lowest BCUT2D eigenvalue weighted by Crippen LogP contribution is -2.63. The van der Waals surface area contributed by atoms with E-state index >= 15 is 0 Å². The summed E-state index contributed by atoms with van der Waals surface area (Å²) in [6.45, 7) is 6.71. The van der Waals surface area contributed by atoms with Gasteiger partial charge in [0.25, 0.3) is 0 Å². The van der Waals surface area contributed by atoms with Crippen molar-refractivity contribution in [3.63, 3.8) is 0 Å². The molecule has 0 unspecified atom stereocenters. The maximum atomic E-state index is 11.9. The van der Waals surface area contributed by atoms with Crippen LogP contribution in [-0.4, -0.2) is 72.8 Å². The van der Waals surface area contributed by atoms with Crippen molar-refractivity contribution in [1.29, 1.82) is 0 Å². The fourth-order valence-corrected chi connectivity index (χ4v) is 3.68. The summed E-state index contributed by atoms with van der Waals surface area (Å²) in [5.74, 6) is -3.45. The number of hydrogen-bond acceptors (Lipinski definition) is 12. The van der Waals surface area contributed by atoms with Gasteiger partial charge in [0.05, 0.1) is 5.57 Å². The highest BCUT2D eigenvalue weighted by Gasteiger charge is 2.53. The third-order valence-corrected chi connectivity index (χ3v) is 5.15. The molecule has 1 aromatic rings. The van der Waals surface area contributed by atoms with Crippen LogP contribution in [0.1, 0.15) is 47.1 Å². The summed E-state index contributed by atoms with van der Waals surface area (Å²) >= 11 is 0. The molecule has 12 heteroatoms. The molecule has 0 radical (unpaired) electrons. The summed E-state index contributed by atoms with van der Waals surface area (Å²) in [5.41, 5.74) is 0.567. The molecule has 38 heavy (non-hydrogen) atoms. The van der Waals surface area contributed by atoms with E-state index in [0.29, 0.717) is 5.56 Å². The van der Waals surface area contributed by atoms with Crippen molar-refractivity contribution in [1.82, 2.24) is 0 Å². The first-order valence-electron chi connectivity index (χ1n) is 11.6. The van der Waals surface area contributed by atoms with Gasteiger partial charge in [0.2, 0.25) is 12.4 Å². The Hall–Kier alpha value is -4.06. The van der Waals surface area contributed by atoms with Gasteiger partial charge in [-0.05, 0) is 37.6 Å². The third-order valence-electron chi connectivity index (χ3n) is 5.15. The predicted molar refractivity (Wildman–Crippen MR) is 128 cm³/mol. The highest BCUT2D eigenvalue weighted by atomic mass is 16.7. The lowest BCUT2D eigenvalue weighted by atomic mass is 9.98. The third kappa shape index (κ3) is 8.80. The molecule has 0 amide bonds. The van der Waals surface area contributed by atoms with Crippen LogP contribution in [0, 0.1) is 0 Å². The standard InChI is InChI=1S/C26H30O12/c1-13(27)21(14(2)28)11-19-7-9-20(10-8-19)37-26-25(36-18(6)32)24(35-17(5)31)23(34-16(4)30)22(38-26)12-33-15(3)29/h7-11,22-26H,12H2,1-6H3/t22-,23+,24+,25-,26-/m0/s1. The second kappa shape index (κ2) is 13.5. The van der Waals surface area contributed by atoms with E-state index in [1.54, 1.807) is 12.1 Å². The summed E-state index contributed by atoms with van der Waals surface area (Å²) in [6.07, 6.45) is -5.15. The van der Waals surface area contributed by atoms with Gasteiger partial charge in [-0.2, -0.15) is 0 Å². The molecule has 0 aliphatic carbocycles. The van der Waals surface area contributed by atoms with Crippen LogP contribution in [0.4, 0.5) is 0 Å². The summed E-state index contributed by atoms with van der Waals surface area (Å²) in [4.78, 5) is 70.5. The van der Waals surface area contributed by atoms with Crippen LogP contribution in [0.3, 0.4) is 0 Å². The fourth-order valence-electron chi connectivity index (χ4n) is 3.68. The van der Waals surface area contributed by atoms with Gasteiger partial charge in [0.1, 0.15) is 18.5 Å². The number of esters is 4. The Morgan fingerprint density at radius 1 is 0.711 bits per heavy atom. The van der Waals surface area contributed by atoms with E-state index in [1.165, 1.54) is 39.0 Å². The molecule has 1 heterocycles. The monoisotopic (exact) mass is 534 g/mol. The van der Waals surface area contributed by atoms with Crippen molar-refractivity contribution in [3.8, 4) is 5.75 Å². The van der Waals surface area contributed by atoms with Crippen molar-refractivity contribution in [2.45, 2.75) is 72.2 Å². The van der Waals surface area contributed by atoms with Crippen LogP contribution in [0.25, 0.3) is 6.08 Å². The maximum Gasteiger partial charge on any atom is 0.303 e. The number of ketones is 2. The molecule has 1 saturated heterocycles. The van der Waals surface area contributed by atoms with Crippen LogP contribution in [0.15, 0.2) is 29.8 Å². The molecule has 0 saturated carbocycles. The maximum absolute atomic E-state index is 11.9. The second-order valence-electron chi connectivity index (χ2n) is 8.42. The topological polar surface area (TPSA) is 158 Å². The minimum absolute atomic E-state index is 0.0262. The van der Waals surface area contributed by atoms with Crippen molar-refractivity contribution < 1.29 is 57.2 Å². The van der Waals surface area contributed by atoms with Crippen LogP contribution >= 0.6 is 0 Å². The number of hydrogen-bond donors (Lipinski definition) is 0. The molecule has 12 nitrogen and oxygen atoms in total. The molecule has 0 spiro atoms. The number of rotatable bonds is 10. The Labute approximate surface area is 219 Å². The first-order valence-corrected chi connectivity index (χ1v) is 11.6. The predicted octanol–water partition coefficient (Wildman–Crippen LogP) is 1.71. The first-order chi connectivity index (χ1) is 17.8. The minimum Gasteiger partial charge on any atom is -0.463 e. The molecular formula is C26H30O12. The van der Waals surface area contributed by atoms with Gasteiger partial charge in [-0.3, -0.25) is 28.8 Å². The summed E-state index contributed by atoms with van der Waals surface area (Å²) < 4.78 is 32.9. The molecule has 2 rings (SSSR count). The Morgan fingerprint density at radius 2 is 1.21 bits per heavy atom. The zero-order valence-electron chi connectivity index (χ0n) is 21.9. The average molecular weight is 535 g/mol. The highest BCUT2D eigenvalue weighted by molar-refractivity contribution is 6.21. The lowest BCUT2D eigenvalue weighted by Gasteiger charge is -2.43. The molecule has 5 atom stereocenters. The van der Waals surface area contributed by atoms with E-state index in [0.717, 1.165) is 20.8 Å². The van der Waals surface area contributed by atoms with Crippen LogP contribution in [-0.2, 0) is 52.5 Å². The van der Waals surface area contributed by atoms with E-state index in [-0.39, 0.29) is 29.5 Å². The summed E-state index contributed by atoms with van der Waals surface area (Å²) in [7, 11) is 0. The van der Waals surface area contributed by atoms with Gasteiger partial charge in [0, 0.05) is 27.7 Å². The number of allylic oxidation sites excluding steroid dienone is 1. The minimum atomic E-state index is -1.39. The molecule has 0 bridgehead atoms. The van der Waals surface area contributed by atoms with Crippen LogP contribution < -0.4 is 4.74 Å². The summed E-state index contributed by atoms with van der Waals surface area (Å²) in [6, 6.07) is 6.18. The molecule has 206 valence electrons. The fraction of sp³-hybridized carbons (Fsp3) is 0.462. The van der Waals surface area contributed by atoms with Gasteiger partial charge in [-0.1, -0.05) is 12.1 Å². The van der Waals surface area contributed by atoms with Gasteiger partial charge < -0.3 is 28.4 Å². The Morgan fingerprint density at radius 3 is 1.68 bits per heavy atom. The van der Waals surface area contributed by atoms with Crippen LogP contribution in [0.2, 0.25) is 0 Å². The van der Waals surface area contributed by atoms with Crippen LogP contribution in [0.5, 0.6) is 5.75 Å². The largest absolute Gasteiger partial charge is 0.463 e. The average Bonchev–Trinajstić information content (AvgIpc) is 2.79. The van der Waals surface area contributed by atoms with Gasteiger partial charge in [-0.25, -0.2) is 0 Å². The van der Waals surface area contributed by atoms with Crippen molar-refractivity contribution in [2.24, 2.45) is 0 Å². The van der Waals surface area contributed by atoms with E-state index in [9.17, 15) is 28.8 Å². The van der Waals surface area contributed by atoms with E-state index in [1.807, 2.05) is 0 Å². The van der Waals surface area contributed by atoms with Gasteiger partial charge >= 0.3 is 23.9 Å².